The highest BCUT2D eigenvalue weighted by molar-refractivity contribution is 5.94. The van der Waals surface area contributed by atoms with Gasteiger partial charge in [0.2, 0.25) is 0 Å². The van der Waals surface area contributed by atoms with Crippen LogP contribution in [0.25, 0.3) is 0 Å². The van der Waals surface area contributed by atoms with Crippen molar-refractivity contribution in [1.82, 2.24) is 25.3 Å². The zero-order chi connectivity index (χ0) is 20.7. The maximum Gasteiger partial charge on any atom is 0.253 e. The molecule has 0 bridgehead atoms. The molecule has 2 aromatic rings. The largest absolute Gasteiger partial charge is 0.356 e. The van der Waals surface area contributed by atoms with Gasteiger partial charge in [0, 0.05) is 52.5 Å². The quantitative estimate of drug-likeness (QED) is 0.563. The summed E-state index contributed by atoms with van der Waals surface area (Å²) in [7, 11) is 7.27. The molecule has 0 saturated heterocycles. The predicted octanol–water partition coefficient (Wildman–Crippen LogP) is 1.69. The molecule has 7 nitrogen and oxygen atoms in total. The Morgan fingerprint density at radius 3 is 2.43 bits per heavy atom. The van der Waals surface area contributed by atoms with Crippen LogP contribution in [0.2, 0.25) is 0 Å². The lowest BCUT2D eigenvalue weighted by atomic mass is 10.1. The molecule has 0 spiro atoms. The van der Waals surface area contributed by atoms with Crippen LogP contribution in [-0.4, -0.2) is 60.8 Å². The van der Waals surface area contributed by atoms with Crippen LogP contribution in [0.3, 0.4) is 0 Å². The van der Waals surface area contributed by atoms with Crippen LogP contribution >= 0.6 is 0 Å². The Morgan fingerprint density at radius 2 is 1.86 bits per heavy atom. The number of rotatable bonds is 7. The second-order valence-electron chi connectivity index (χ2n) is 7.10. The molecule has 0 aliphatic heterocycles. The predicted molar refractivity (Wildman–Crippen MR) is 114 cm³/mol. The van der Waals surface area contributed by atoms with Crippen molar-refractivity contribution in [3.05, 3.63) is 52.3 Å². The highest BCUT2D eigenvalue weighted by Crippen LogP contribution is 2.12. The van der Waals surface area contributed by atoms with E-state index in [0.717, 1.165) is 43.1 Å². The lowest BCUT2D eigenvalue weighted by Crippen LogP contribution is -2.39. The van der Waals surface area contributed by atoms with E-state index in [1.54, 1.807) is 26.0 Å². The summed E-state index contributed by atoms with van der Waals surface area (Å²) in [4.78, 5) is 18.0. The SMILES string of the molecule is CN=C(NCCc1cccc(C(=O)N(C)C)c1)NCCc1c(C)nn(C)c1C. The summed E-state index contributed by atoms with van der Waals surface area (Å²) < 4.78 is 1.92. The molecule has 2 rings (SSSR count). The monoisotopic (exact) mass is 384 g/mol. The van der Waals surface area contributed by atoms with Gasteiger partial charge in [0.05, 0.1) is 5.69 Å². The molecule has 1 aromatic carbocycles. The Bertz CT molecular complexity index is 837. The average Bonchev–Trinajstić information content (AvgIpc) is 2.92. The number of amides is 1. The zero-order valence-electron chi connectivity index (χ0n) is 17.8. The molecule has 0 radical (unpaired) electrons. The van der Waals surface area contributed by atoms with Gasteiger partial charge in [-0.1, -0.05) is 12.1 Å². The first-order valence-electron chi connectivity index (χ1n) is 9.57. The number of aromatic nitrogens is 2. The van der Waals surface area contributed by atoms with Gasteiger partial charge in [-0.3, -0.25) is 14.5 Å². The Balaban J connectivity index is 1.81. The third kappa shape index (κ3) is 5.58. The fourth-order valence-electron chi connectivity index (χ4n) is 3.15. The summed E-state index contributed by atoms with van der Waals surface area (Å²) in [6.45, 7) is 5.67. The van der Waals surface area contributed by atoms with Crippen LogP contribution in [0.15, 0.2) is 29.3 Å². The topological polar surface area (TPSA) is 74.6 Å². The Hall–Kier alpha value is -2.83. The van der Waals surface area contributed by atoms with Gasteiger partial charge in [0.25, 0.3) is 5.91 Å². The van der Waals surface area contributed by atoms with Gasteiger partial charge < -0.3 is 15.5 Å². The molecule has 0 aliphatic carbocycles. The van der Waals surface area contributed by atoms with Gasteiger partial charge in [-0.25, -0.2) is 0 Å². The van der Waals surface area contributed by atoms with Crippen LogP contribution in [0.4, 0.5) is 0 Å². The molecule has 1 aromatic heterocycles. The fraction of sp³-hybridized carbons (Fsp3) is 0.476. The minimum atomic E-state index is 0.0216. The molecule has 0 aliphatic rings. The minimum absolute atomic E-state index is 0.0216. The highest BCUT2D eigenvalue weighted by Gasteiger charge is 2.10. The van der Waals surface area contributed by atoms with Crippen molar-refractivity contribution in [3.8, 4) is 0 Å². The Labute approximate surface area is 167 Å². The van der Waals surface area contributed by atoms with E-state index in [1.807, 2.05) is 42.9 Å². The molecule has 1 amide bonds. The van der Waals surface area contributed by atoms with E-state index in [-0.39, 0.29) is 5.91 Å². The molecule has 0 fully saturated rings. The van der Waals surface area contributed by atoms with Crippen molar-refractivity contribution in [2.45, 2.75) is 26.7 Å². The van der Waals surface area contributed by atoms with Gasteiger partial charge in [-0.15, -0.1) is 0 Å². The molecule has 152 valence electrons. The third-order valence-corrected chi connectivity index (χ3v) is 4.84. The molecule has 0 atom stereocenters. The normalized spacial score (nSPS) is 11.4. The second kappa shape index (κ2) is 9.92. The Morgan fingerprint density at radius 1 is 1.18 bits per heavy atom. The molecule has 1 heterocycles. The zero-order valence-corrected chi connectivity index (χ0v) is 17.8. The number of hydrogen-bond acceptors (Lipinski definition) is 3. The van der Waals surface area contributed by atoms with E-state index >= 15 is 0 Å². The number of hydrogen-bond donors (Lipinski definition) is 2. The third-order valence-electron chi connectivity index (χ3n) is 4.84. The van der Waals surface area contributed by atoms with Crippen molar-refractivity contribution in [2.75, 3.05) is 34.2 Å². The summed E-state index contributed by atoms with van der Waals surface area (Å²) in [6.07, 6.45) is 1.72. The number of carbonyl (C=O) groups excluding carboxylic acids is 1. The summed E-state index contributed by atoms with van der Waals surface area (Å²) in [5.41, 5.74) is 5.41. The summed E-state index contributed by atoms with van der Waals surface area (Å²) in [5, 5.41) is 11.1. The highest BCUT2D eigenvalue weighted by atomic mass is 16.2. The van der Waals surface area contributed by atoms with Crippen molar-refractivity contribution >= 4 is 11.9 Å². The molecule has 28 heavy (non-hydrogen) atoms. The van der Waals surface area contributed by atoms with Crippen LogP contribution in [0.1, 0.15) is 32.9 Å². The van der Waals surface area contributed by atoms with Gasteiger partial charge in [0.1, 0.15) is 0 Å². The van der Waals surface area contributed by atoms with E-state index < -0.39 is 0 Å². The Kier molecular flexibility index (Phi) is 7.61. The van der Waals surface area contributed by atoms with Crippen molar-refractivity contribution in [2.24, 2.45) is 12.0 Å². The van der Waals surface area contributed by atoms with E-state index in [0.29, 0.717) is 5.56 Å². The first-order chi connectivity index (χ1) is 13.3. The van der Waals surface area contributed by atoms with E-state index in [1.165, 1.54) is 11.3 Å². The minimum Gasteiger partial charge on any atom is -0.356 e. The van der Waals surface area contributed by atoms with Crippen LogP contribution in [0.5, 0.6) is 0 Å². The number of aliphatic imine (C=N–C) groups is 1. The maximum absolute atomic E-state index is 12.1. The lowest BCUT2D eigenvalue weighted by molar-refractivity contribution is 0.0827. The van der Waals surface area contributed by atoms with Gasteiger partial charge in [-0.05, 0) is 49.9 Å². The molecular formula is C21H32N6O. The van der Waals surface area contributed by atoms with E-state index in [4.69, 9.17) is 0 Å². The van der Waals surface area contributed by atoms with Gasteiger partial charge >= 0.3 is 0 Å². The second-order valence-corrected chi connectivity index (χ2v) is 7.10. The summed E-state index contributed by atoms with van der Waals surface area (Å²) >= 11 is 0. The van der Waals surface area contributed by atoms with Crippen molar-refractivity contribution in [3.63, 3.8) is 0 Å². The van der Waals surface area contributed by atoms with Crippen LogP contribution in [0, 0.1) is 13.8 Å². The van der Waals surface area contributed by atoms with Gasteiger partial charge in [-0.2, -0.15) is 5.10 Å². The number of aryl methyl sites for hydroxylation is 2. The smallest absolute Gasteiger partial charge is 0.253 e. The molecule has 0 unspecified atom stereocenters. The summed E-state index contributed by atoms with van der Waals surface area (Å²) in [6, 6.07) is 7.77. The first kappa shape index (κ1) is 21.5. The molecular weight excluding hydrogens is 352 g/mol. The van der Waals surface area contributed by atoms with Crippen LogP contribution in [-0.2, 0) is 19.9 Å². The van der Waals surface area contributed by atoms with Gasteiger partial charge in [0.15, 0.2) is 5.96 Å². The summed E-state index contributed by atoms with van der Waals surface area (Å²) in [5.74, 6) is 0.799. The fourth-order valence-corrected chi connectivity index (χ4v) is 3.15. The number of carbonyl (C=O) groups is 1. The van der Waals surface area contributed by atoms with Crippen LogP contribution < -0.4 is 10.6 Å². The molecule has 7 heteroatoms. The maximum atomic E-state index is 12.1. The number of nitrogens with one attached hydrogen (secondary N) is 2. The van der Waals surface area contributed by atoms with E-state index in [2.05, 4.69) is 27.6 Å². The average molecular weight is 385 g/mol. The number of benzene rings is 1. The van der Waals surface area contributed by atoms with Crippen molar-refractivity contribution < 1.29 is 4.79 Å². The number of guanidine groups is 1. The lowest BCUT2D eigenvalue weighted by Gasteiger charge is -2.13. The standard InChI is InChI=1S/C21H32N6O/c1-15-19(16(2)27(6)25-15)11-13-24-21(22-3)23-12-10-17-8-7-9-18(14-17)20(28)26(4)5/h7-9,14H,10-13H2,1-6H3,(H2,22,23,24). The van der Waals surface area contributed by atoms with Crippen molar-refractivity contribution in [1.29, 1.82) is 0 Å². The molecule has 0 saturated carbocycles. The first-order valence-corrected chi connectivity index (χ1v) is 9.57. The number of nitrogens with zero attached hydrogens (tertiary/aromatic N) is 4. The van der Waals surface area contributed by atoms with E-state index in [9.17, 15) is 4.79 Å². The molecule has 2 N–H and O–H groups in total.